The molecule has 0 amide bonds. The number of rotatable bonds is 7. The second-order valence-corrected chi connectivity index (χ2v) is 8.57. The van der Waals surface area contributed by atoms with E-state index in [9.17, 15) is 9.59 Å². The maximum atomic E-state index is 15.5. The van der Waals surface area contributed by atoms with Gasteiger partial charge in [0, 0.05) is 24.1 Å². The lowest BCUT2D eigenvalue weighted by atomic mass is 9.96. The summed E-state index contributed by atoms with van der Waals surface area (Å²) in [4.78, 5) is 31.8. The van der Waals surface area contributed by atoms with E-state index in [1.165, 1.54) is 6.07 Å². The first-order chi connectivity index (χ1) is 17.4. The third-order valence-corrected chi connectivity index (χ3v) is 6.20. The van der Waals surface area contributed by atoms with Crippen molar-refractivity contribution < 1.29 is 8.91 Å². The molecule has 3 heterocycles. The van der Waals surface area contributed by atoms with Gasteiger partial charge < -0.3 is 0 Å². The van der Waals surface area contributed by atoms with Gasteiger partial charge in [-0.15, -0.1) is 0 Å². The maximum absolute atomic E-state index is 15.5. The number of fused-ring (bicyclic) bond motifs is 1. The van der Waals surface area contributed by atoms with E-state index in [2.05, 4.69) is 24.7 Å². The van der Waals surface area contributed by atoms with E-state index in [4.69, 9.17) is 0 Å². The summed E-state index contributed by atoms with van der Waals surface area (Å²) in [7, 11) is 0. The van der Waals surface area contributed by atoms with Crippen LogP contribution < -0.4 is 11.3 Å². The Morgan fingerprint density at radius 1 is 1.08 bits per heavy atom. The minimum atomic E-state index is -0.665. The molecule has 0 atom stereocenters. The highest BCUT2D eigenvalue weighted by Crippen LogP contribution is 2.31. The number of aromatic nitrogens is 6. The highest BCUT2D eigenvalue weighted by atomic mass is 19.1. The smallest absolute Gasteiger partial charge is 0.296 e. The highest BCUT2D eigenvalue weighted by Gasteiger charge is 2.20. The van der Waals surface area contributed by atoms with Crippen LogP contribution in [0.2, 0.25) is 0 Å². The third-order valence-electron chi connectivity index (χ3n) is 6.20. The molecule has 2 aromatic carbocycles. The lowest BCUT2D eigenvalue weighted by molar-refractivity contribution is 0.388. The van der Waals surface area contributed by atoms with Crippen LogP contribution in [0.1, 0.15) is 42.9 Å². The average molecular weight is 489 g/mol. The molecule has 0 aliphatic carbocycles. The van der Waals surface area contributed by atoms with E-state index in [1.54, 1.807) is 40.3 Å². The molecule has 5 aromatic rings. The SMILES string of the molecule is CCCc1c(Cc2ccc(-c3ccccc3-c3noc(=O)[nH]3)cc2F)c(=O)n(CC)c2nc(C)nn12. The summed E-state index contributed by atoms with van der Waals surface area (Å²) < 4.78 is 23.4. The summed E-state index contributed by atoms with van der Waals surface area (Å²) in [6.45, 7) is 6.13. The van der Waals surface area contributed by atoms with Gasteiger partial charge in [0.25, 0.3) is 5.56 Å². The van der Waals surface area contributed by atoms with Gasteiger partial charge in [-0.3, -0.25) is 18.9 Å². The van der Waals surface area contributed by atoms with Crippen LogP contribution >= 0.6 is 0 Å². The van der Waals surface area contributed by atoms with Crippen molar-refractivity contribution >= 4 is 5.78 Å². The Kier molecular flexibility index (Phi) is 6.09. The number of nitrogens with one attached hydrogen (secondary N) is 1. The number of aryl methyl sites for hydroxylation is 3. The molecule has 0 saturated carbocycles. The Morgan fingerprint density at radius 2 is 1.86 bits per heavy atom. The van der Waals surface area contributed by atoms with E-state index < -0.39 is 11.6 Å². The summed E-state index contributed by atoms with van der Waals surface area (Å²) >= 11 is 0. The van der Waals surface area contributed by atoms with Gasteiger partial charge in [0.2, 0.25) is 5.78 Å². The van der Waals surface area contributed by atoms with Gasteiger partial charge >= 0.3 is 5.76 Å². The van der Waals surface area contributed by atoms with Gasteiger partial charge in [0.05, 0.1) is 5.69 Å². The number of hydrogen-bond donors (Lipinski definition) is 1. The van der Waals surface area contributed by atoms with E-state index in [0.29, 0.717) is 52.4 Å². The minimum Gasteiger partial charge on any atom is -0.296 e. The zero-order chi connectivity index (χ0) is 25.4. The lowest BCUT2D eigenvalue weighted by Gasteiger charge is -2.15. The molecule has 1 N–H and O–H groups in total. The summed E-state index contributed by atoms with van der Waals surface area (Å²) in [5.74, 6) is 0.248. The fraction of sp³-hybridized carbons (Fsp3) is 0.269. The number of benzene rings is 2. The van der Waals surface area contributed by atoms with Crippen molar-refractivity contribution in [3.05, 3.63) is 91.8 Å². The van der Waals surface area contributed by atoms with Gasteiger partial charge in [-0.25, -0.2) is 13.7 Å². The molecule has 0 saturated heterocycles. The molecular weight excluding hydrogens is 463 g/mol. The highest BCUT2D eigenvalue weighted by molar-refractivity contribution is 5.80. The molecule has 10 heteroatoms. The quantitative estimate of drug-likeness (QED) is 0.372. The fourth-order valence-corrected chi connectivity index (χ4v) is 4.56. The molecule has 184 valence electrons. The predicted octanol–water partition coefficient (Wildman–Crippen LogP) is 3.91. The van der Waals surface area contributed by atoms with E-state index in [-0.39, 0.29) is 17.8 Å². The molecule has 3 aromatic heterocycles. The van der Waals surface area contributed by atoms with Crippen LogP contribution in [-0.4, -0.2) is 29.3 Å². The largest absolute Gasteiger partial charge is 0.439 e. The molecule has 0 fully saturated rings. The molecule has 0 bridgehead atoms. The van der Waals surface area contributed by atoms with Crippen molar-refractivity contribution in [3.63, 3.8) is 0 Å². The molecule has 0 aliphatic rings. The summed E-state index contributed by atoms with van der Waals surface area (Å²) in [5, 5.41) is 8.27. The van der Waals surface area contributed by atoms with Crippen molar-refractivity contribution in [2.45, 2.75) is 46.6 Å². The van der Waals surface area contributed by atoms with Crippen LogP contribution in [0.4, 0.5) is 4.39 Å². The van der Waals surface area contributed by atoms with Gasteiger partial charge in [-0.2, -0.15) is 10.1 Å². The number of halogens is 1. The van der Waals surface area contributed by atoms with Crippen molar-refractivity contribution in [2.24, 2.45) is 0 Å². The second-order valence-electron chi connectivity index (χ2n) is 8.57. The Morgan fingerprint density at radius 3 is 2.53 bits per heavy atom. The zero-order valence-electron chi connectivity index (χ0n) is 20.2. The van der Waals surface area contributed by atoms with Crippen molar-refractivity contribution in [1.29, 1.82) is 0 Å². The topological polar surface area (TPSA) is 111 Å². The van der Waals surface area contributed by atoms with Gasteiger partial charge in [-0.1, -0.05) is 54.9 Å². The van der Waals surface area contributed by atoms with Crippen LogP contribution in [0.15, 0.2) is 56.6 Å². The monoisotopic (exact) mass is 488 g/mol. The first kappa shape index (κ1) is 23.4. The third kappa shape index (κ3) is 4.04. The standard InChI is InChI=1S/C26H25FN6O3/c1-4-8-22-20(24(34)32(5-2)25-28-15(3)30-33(22)25)13-17-12-11-16(14-21(17)27)18-9-6-7-10-19(18)23-29-26(35)36-31-23/h6-7,9-12,14H,4-5,8,13H2,1-3H3,(H,29,31,35). The van der Waals surface area contributed by atoms with Gasteiger partial charge in [0.15, 0.2) is 5.82 Å². The Bertz CT molecular complexity index is 1690. The van der Waals surface area contributed by atoms with Gasteiger partial charge in [-0.05, 0) is 43.0 Å². The average Bonchev–Trinajstić information content (AvgIpc) is 3.47. The number of H-pyrrole nitrogens is 1. The zero-order valence-corrected chi connectivity index (χ0v) is 20.2. The Labute approximate surface area is 205 Å². The maximum Gasteiger partial charge on any atom is 0.439 e. The Balaban J connectivity index is 1.59. The predicted molar refractivity (Wildman–Crippen MR) is 132 cm³/mol. The molecule has 0 radical (unpaired) electrons. The van der Waals surface area contributed by atoms with Crippen LogP contribution in [0.25, 0.3) is 28.3 Å². The summed E-state index contributed by atoms with van der Waals surface area (Å²) in [6, 6.07) is 12.1. The van der Waals surface area contributed by atoms with Crippen LogP contribution in [0.3, 0.4) is 0 Å². The molecular formula is C26H25FN6O3. The number of hydrogen-bond acceptors (Lipinski definition) is 6. The summed E-state index contributed by atoms with van der Waals surface area (Å²) in [5.41, 5.74) is 3.40. The van der Waals surface area contributed by atoms with E-state index >= 15 is 4.39 Å². The van der Waals surface area contributed by atoms with Crippen LogP contribution in [0, 0.1) is 12.7 Å². The lowest BCUT2D eigenvalue weighted by Crippen LogP contribution is -2.29. The van der Waals surface area contributed by atoms with Crippen LogP contribution in [0.5, 0.6) is 0 Å². The Hall–Kier alpha value is -4.34. The molecule has 36 heavy (non-hydrogen) atoms. The second kappa shape index (κ2) is 9.37. The first-order valence-electron chi connectivity index (χ1n) is 11.8. The van der Waals surface area contributed by atoms with Gasteiger partial charge in [0.1, 0.15) is 11.6 Å². The molecule has 5 rings (SSSR count). The molecule has 0 aliphatic heterocycles. The first-order valence-corrected chi connectivity index (χ1v) is 11.8. The minimum absolute atomic E-state index is 0.132. The molecule has 9 nitrogen and oxygen atoms in total. The summed E-state index contributed by atoms with van der Waals surface area (Å²) in [6.07, 6.45) is 1.56. The van der Waals surface area contributed by atoms with Crippen molar-refractivity contribution in [3.8, 4) is 22.5 Å². The molecule has 0 spiro atoms. The van der Waals surface area contributed by atoms with E-state index in [0.717, 1.165) is 12.1 Å². The van der Waals surface area contributed by atoms with Crippen LogP contribution in [-0.2, 0) is 19.4 Å². The number of nitrogens with zero attached hydrogens (tertiary/aromatic N) is 5. The molecule has 0 unspecified atom stereocenters. The van der Waals surface area contributed by atoms with Crippen molar-refractivity contribution in [1.82, 2.24) is 29.3 Å². The number of aromatic amines is 1. The van der Waals surface area contributed by atoms with E-state index in [1.807, 2.05) is 26.0 Å². The normalized spacial score (nSPS) is 11.4. The fourth-order valence-electron chi connectivity index (χ4n) is 4.56. The van der Waals surface area contributed by atoms with Crippen molar-refractivity contribution in [2.75, 3.05) is 0 Å².